The van der Waals surface area contributed by atoms with Gasteiger partial charge in [-0.25, -0.2) is 14.6 Å². The maximum absolute atomic E-state index is 13.2. The number of nitrogens with zero attached hydrogens (tertiary/aromatic N) is 5. The average molecular weight is 443 g/mol. The fourth-order valence-electron chi connectivity index (χ4n) is 5.44. The fourth-order valence-corrected chi connectivity index (χ4v) is 5.44. The van der Waals surface area contributed by atoms with Gasteiger partial charge in [0.05, 0.1) is 23.1 Å². The summed E-state index contributed by atoms with van der Waals surface area (Å²) in [7, 11) is 0. The van der Waals surface area contributed by atoms with Gasteiger partial charge in [0.15, 0.2) is 0 Å². The number of benzene rings is 1. The second-order valence-electron chi connectivity index (χ2n) is 9.47. The van der Waals surface area contributed by atoms with Gasteiger partial charge in [0, 0.05) is 30.3 Å². The zero-order chi connectivity index (χ0) is 22.4. The topological polar surface area (TPSA) is 75.9 Å². The molecule has 2 aliphatic carbocycles. The summed E-state index contributed by atoms with van der Waals surface area (Å²) in [4.78, 5) is 25.2. The Morgan fingerprint density at radius 1 is 1.12 bits per heavy atom. The lowest BCUT2D eigenvalue weighted by molar-refractivity contribution is 0.0940. The third-order valence-corrected chi connectivity index (χ3v) is 7.40. The number of likely N-dealkylation sites (N-methyl/N-ethyl adjacent to an activating group) is 1. The Morgan fingerprint density at radius 3 is 2.82 bits per heavy atom. The van der Waals surface area contributed by atoms with Crippen LogP contribution in [-0.4, -0.2) is 56.2 Å². The Kier molecular flexibility index (Phi) is 5.21. The highest BCUT2D eigenvalue weighted by Crippen LogP contribution is 2.42. The van der Waals surface area contributed by atoms with Gasteiger partial charge in [0.1, 0.15) is 0 Å². The number of nitrogens with one attached hydrogen (secondary N) is 1. The van der Waals surface area contributed by atoms with E-state index in [1.165, 1.54) is 23.1 Å². The largest absolute Gasteiger partial charge is 0.350 e. The molecule has 170 valence electrons. The predicted molar refractivity (Wildman–Crippen MR) is 127 cm³/mol. The molecule has 0 spiro atoms. The van der Waals surface area contributed by atoms with Crippen LogP contribution in [0.1, 0.15) is 65.7 Å². The number of aromatic nitrogens is 4. The number of amides is 1. The number of hydrogen-bond acceptors (Lipinski definition) is 5. The van der Waals surface area contributed by atoms with Crippen LogP contribution in [0.15, 0.2) is 36.7 Å². The van der Waals surface area contributed by atoms with Crippen molar-refractivity contribution in [2.75, 3.05) is 19.6 Å². The van der Waals surface area contributed by atoms with Gasteiger partial charge in [-0.3, -0.25) is 9.69 Å². The SMILES string of the molecule is CCN1CCC[C@H]1CNC(=O)c1cnn(-c2ncc3c(n2)-c2ccccc2CC3)c1C1CC1. The van der Waals surface area contributed by atoms with Gasteiger partial charge in [0.25, 0.3) is 11.9 Å². The van der Waals surface area contributed by atoms with Crippen molar-refractivity contribution in [1.29, 1.82) is 0 Å². The lowest BCUT2D eigenvalue weighted by atomic mass is 9.90. The molecule has 1 saturated heterocycles. The van der Waals surface area contributed by atoms with Crippen LogP contribution in [0.4, 0.5) is 0 Å². The van der Waals surface area contributed by atoms with Crippen molar-refractivity contribution >= 4 is 5.91 Å². The first-order valence-corrected chi connectivity index (χ1v) is 12.3. The van der Waals surface area contributed by atoms with Crippen molar-refractivity contribution in [2.24, 2.45) is 0 Å². The van der Waals surface area contributed by atoms with E-state index in [9.17, 15) is 4.79 Å². The van der Waals surface area contributed by atoms with Crippen LogP contribution in [0.2, 0.25) is 0 Å². The number of rotatable bonds is 6. The van der Waals surface area contributed by atoms with E-state index in [-0.39, 0.29) is 5.91 Å². The molecule has 7 heteroatoms. The van der Waals surface area contributed by atoms with Crippen LogP contribution in [0.5, 0.6) is 0 Å². The lowest BCUT2D eigenvalue weighted by Crippen LogP contribution is -2.40. The van der Waals surface area contributed by atoms with E-state index in [0.717, 1.165) is 56.6 Å². The molecule has 1 aliphatic heterocycles. The molecule has 6 rings (SSSR count). The quantitative estimate of drug-likeness (QED) is 0.632. The van der Waals surface area contributed by atoms with Crippen LogP contribution in [0, 0.1) is 0 Å². The molecule has 1 saturated carbocycles. The molecule has 2 aromatic heterocycles. The van der Waals surface area contributed by atoms with Gasteiger partial charge in [-0.05, 0) is 62.7 Å². The molecule has 3 aliphatic rings. The molecule has 2 fully saturated rings. The van der Waals surface area contributed by atoms with Crippen molar-refractivity contribution in [1.82, 2.24) is 30.0 Å². The lowest BCUT2D eigenvalue weighted by Gasteiger charge is -2.22. The van der Waals surface area contributed by atoms with Gasteiger partial charge in [-0.1, -0.05) is 31.2 Å². The van der Waals surface area contributed by atoms with Gasteiger partial charge < -0.3 is 5.32 Å². The van der Waals surface area contributed by atoms with Crippen LogP contribution in [-0.2, 0) is 12.8 Å². The minimum absolute atomic E-state index is 0.0330. The Labute approximate surface area is 194 Å². The van der Waals surface area contributed by atoms with Crippen molar-refractivity contribution < 1.29 is 4.79 Å². The van der Waals surface area contributed by atoms with Gasteiger partial charge >= 0.3 is 0 Å². The van der Waals surface area contributed by atoms with Crippen LogP contribution < -0.4 is 5.32 Å². The number of carbonyl (C=O) groups excluding carboxylic acids is 1. The summed E-state index contributed by atoms with van der Waals surface area (Å²) < 4.78 is 1.80. The zero-order valence-electron chi connectivity index (χ0n) is 19.1. The van der Waals surface area contributed by atoms with E-state index in [1.54, 1.807) is 10.9 Å². The van der Waals surface area contributed by atoms with E-state index < -0.39 is 0 Å². The normalized spacial score (nSPS) is 19.8. The summed E-state index contributed by atoms with van der Waals surface area (Å²) in [6.45, 7) is 5.03. The number of likely N-dealkylation sites (tertiary alicyclic amines) is 1. The molecular formula is C26H30N6O. The van der Waals surface area contributed by atoms with E-state index in [4.69, 9.17) is 4.98 Å². The highest BCUT2D eigenvalue weighted by molar-refractivity contribution is 5.95. The minimum atomic E-state index is -0.0330. The molecule has 0 unspecified atom stereocenters. The molecule has 1 aromatic carbocycles. The number of carbonyl (C=O) groups is 1. The summed E-state index contributed by atoms with van der Waals surface area (Å²) in [5, 5.41) is 7.79. The Balaban J connectivity index is 1.30. The second kappa shape index (κ2) is 8.37. The first-order valence-electron chi connectivity index (χ1n) is 12.3. The first kappa shape index (κ1) is 20.5. The number of aryl methyl sites for hydroxylation is 2. The zero-order valence-corrected chi connectivity index (χ0v) is 19.1. The maximum Gasteiger partial charge on any atom is 0.254 e. The van der Waals surface area contributed by atoms with Gasteiger partial charge in [-0.2, -0.15) is 5.10 Å². The molecule has 1 N–H and O–H groups in total. The van der Waals surface area contributed by atoms with Crippen LogP contribution in [0.25, 0.3) is 17.2 Å². The maximum atomic E-state index is 13.2. The van der Waals surface area contributed by atoms with Crippen LogP contribution in [0.3, 0.4) is 0 Å². The van der Waals surface area contributed by atoms with Crippen molar-refractivity contribution in [2.45, 2.75) is 57.4 Å². The van der Waals surface area contributed by atoms with E-state index in [0.29, 0.717) is 30.0 Å². The molecule has 3 aromatic rings. The molecule has 33 heavy (non-hydrogen) atoms. The number of fused-ring (bicyclic) bond motifs is 3. The highest BCUT2D eigenvalue weighted by atomic mass is 16.1. The number of hydrogen-bond donors (Lipinski definition) is 1. The molecule has 1 amide bonds. The van der Waals surface area contributed by atoms with E-state index >= 15 is 0 Å². The molecule has 3 heterocycles. The summed E-state index contributed by atoms with van der Waals surface area (Å²) in [6.07, 6.45) is 10.1. The summed E-state index contributed by atoms with van der Waals surface area (Å²) >= 11 is 0. The summed E-state index contributed by atoms with van der Waals surface area (Å²) in [6, 6.07) is 8.89. The monoisotopic (exact) mass is 442 g/mol. The van der Waals surface area contributed by atoms with Gasteiger partial charge in [0.2, 0.25) is 0 Å². The standard InChI is InChI=1S/C26H30N6O/c1-2-31-13-5-7-20(31)15-27-25(33)22-16-29-32(24(22)18-10-11-18)26-28-14-19-12-9-17-6-3-4-8-21(17)23(19)30-26/h3-4,6,8,14,16,18,20H,2,5,7,9-13,15H2,1H3,(H,27,33)/t20-/m0/s1. The first-order chi connectivity index (χ1) is 16.2. The molecule has 0 radical (unpaired) electrons. The molecule has 7 nitrogen and oxygen atoms in total. The third-order valence-electron chi connectivity index (χ3n) is 7.40. The van der Waals surface area contributed by atoms with E-state index in [2.05, 4.69) is 51.5 Å². The van der Waals surface area contributed by atoms with Gasteiger partial charge in [-0.15, -0.1) is 0 Å². The second-order valence-corrected chi connectivity index (χ2v) is 9.47. The Hall–Kier alpha value is -3.06. The van der Waals surface area contributed by atoms with Crippen molar-refractivity contribution in [3.63, 3.8) is 0 Å². The Morgan fingerprint density at radius 2 is 1.97 bits per heavy atom. The van der Waals surface area contributed by atoms with Crippen molar-refractivity contribution in [3.8, 4) is 17.2 Å². The fraction of sp³-hybridized carbons (Fsp3) is 0.462. The summed E-state index contributed by atoms with van der Waals surface area (Å²) in [5.41, 5.74) is 6.29. The molecule has 0 bridgehead atoms. The highest BCUT2D eigenvalue weighted by Gasteiger charge is 2.34. The molecular weight excluding hydrogens is 412 g/mol. The third kappa shape index (κ3) is 3.74. The van der Waals surface area contributed by atoms with E-state index in [1.807, 2.05) is 6.20 Å². The van der Waals surface area contributed by atoms with Crippen molar-refractivity contribution in [3.05, 3.63) is 59.0 Å². The minimum Gasteiger partial charge on any atom is -0.350 e. The summed E-state index contributed by atoms with van der Waals surface area (Å²) in [5.74, 6) is 0.868. The smallest absolute Gasteiger partial charge is 0.254 e. The predicted octanol–water partition coefficient (Wildman–Crippen LogP) is 3.52. The van der Waals surface area contributed by atoms with Crippen LogP contribution >= 0.6 is 0 Å². The Bertz CT molecular complexity index is 1200. The average Bonchev–Trinajstić information content (AvgIpc) is 3.42. The molecule has 1 atom stereocenters.